The van der Waals surface area contributed by atoms with Crippen LogP contribution >= 0.6 is 0 Å². The predicted molar refractivity (Wildman–Crippen MR) is 105 cm³/mol. The number of aromatic nitrogens is 3. The minimum Gasteiger partial charge on any atom is -0.490 e. The predicted octanol–water partition coefficient (Wildman–Crippen LogP) is 2.23. The molecular weight excluding hydrogens is 340 g/mol. The van der Waals surface area contributed by atoms with Crippen LogP contribution in [0.2, 0.25) is 0 Å². The molecule has 27 heavy (non-hydrogen) atoms. The van der Waals surface area contributed by atoms with Crippen LogP contribution < -0.4 is 10.1 Å². The van der Waals surface area contributed by atoms with Gasteiger partial charge < -0.3 is 19.5 Å². The largest absolute Gasteiger partial charge is 0.490 e. The lowest BCUT2D eigenvalue weighted by Crippen LogP contribution is -2.47. The smallest absolute Gasteiger partial charge is 0.194 e. The second-order valence-electron chi connectivity index (χ2n) is 7.16. The van der Waals surface area contributed by atoms with Gasteiger partial charge in [-0.15, -0.1) is 10.2 Å². The van der Waals surface area contributed by atoms with E-state index in [1.807, 2.05) is 37.4 Å². The van der Waals surface area contributed by atoms with Gasteiger partial charge in [0, 0.05) is 45.9 Å². The first-order valence-corrected chi connectivity index (χ1v) is 9.92. The van der Waals surface area contributed by atoms with Gasteiger partial charge in [-0.1, -0.05) is 18.2 Å². The third-order valence-corrected chi connectivity index (χ3v) is 5.34. The fourth-order valence-electron chi connectivity index (χ4n) is 3.87. The van der Waals surface area contributed by atoms with E-state index in [9.17, 15) is 0 Å². The molecule has 0 saturated carbocycles. The van der Waals surface area contributed by atoms with Crippen molar-refractivity contribution in [3.8, 4) is 5.75 Å². The lowest BCUT2D eigenvalue weighted by molar-refractivity contribution is 0.129. The first-order valence-electron chi connectivity index (χ1n) is 9.92. The molecule has 0 radical (unpaired) electrons. The van der Waals surface area contributed by atoms with Gasteiger partial charge in [0.2, 0.25) is 0 Å². The summed E-state index contributed by atoms with van der Waals surface area (Å²) >= 11 is 0. The van der Waals surface area contributed by atoms with Crippen molar-refractivity contribution >= 4 is 5.96 Å². The minimum absolute atomic E-state index is 0.269. The van der Waals surface area contributed by atoms with Crippen molar-refractivity contribution in [1.82, 2.24) is 25.0 Å². The summed E-state index contributed by atoms with van der Waals surface area (Å²) in [6, 6.07) is 10.1. The number of para-hydroxylation sites is 1. The lowest BCUT2D eigenvalue weighted by Gasteiger charge is -2.34. The number of hydrogen-bond acceptors (Lipinski definition) is 4. The highest BCUT2D eigenvalue weighted by Crippen LogP contribution is 2.19. The fraction of sp³-hybridized carbons (Fsp3) is 0.550. The van der Waals surface area contributed by atoms with Gasteiger partial charge in [0.05, 0.1) is 6.54 Å². The Balaban J connectivity index is 1.29. The first kappa shape index (κ1) is 17.8. The molecule has 0 aliphatic carbocycles. The Morgan fingerprint density at radius 1 is 1.15 bits per heavy atom. The molecule has 0 spiro atoms. The molecule has 2 aliphatic heterocycles. The molecule has 2 aromatic rings. The summed E-state index contributed by atoms with van der Waals surface area (Å²) < 4.78 is 8.34. The number of ether oxygens (including phenoxy) is 1. The second kappa shape index (κ2) is 8.41. The van der Waals surface area contributed by atoms with Crippen molar-refractivity contribution in [3.05, 3.63) is 42.0 Å². The van der Waals surface area contributed by atoms with E-state index in [4.69, 9.17) is 4.74 Å². The van der Waals surface area contributed by atoms with Gasteiger partial charge >= 0.3 is 0 Å². The Bertz CT molecular complexity index is 764. The van der Waals surface area contributed by atoms with E-state index in [-0.39, 0.29) is 6.10 Å². The number of nitrogens with one attached hydrogen (secondary N) is 1. The van der Waals surface area contributed by atoms with Crippen molar-refractivity contribution in [2.75, 3.05) is 20.1 Å². The summed E-state index contributed by atoms with van der Waals surface area (Å²) in [7, 11) is 1.84. The summed E-state index contributed by atoms with van der Waals surface area (Å²) in [6.45, 7) is 3.57. The molecule has 0 atom stereocenters. The third kappa shape index (κ3) is 4.23. The fourth-order valence-corrected chi connectivity index (χ4v) is 3.87. The maximum atomic E-state index is 6.09. The molecule has 3 heterocycles. The molecule has 4 rings (SSSR count). The summed E-state index contributed by atoms with van der Waals surface area (Å²) in [4.78, 5) is 6.77. The van der Waals surface area contributed by atoms with Crippen LogP contribution in [0.15, 0.2) is 35.3 Å². The van der Waals surface area contributed by atoms with Crippen molar-refractivity contribution in [3.63, 3.8) is 0 Å². The molecule has 7 nitrogen and oxygen atoms in total. The molecule has 1 aromatic carbocycles. The number of fused-ring (bicyclic) bond motifs is 1. The van der Waals surface area contributed by atoms with Gasteiger partial charge in [-0.25, -0.2) is 0 Å². The van der Waals surface area contributed by atoms with Gasteiger partial charge in [-0.2, -0.15) is 0 Å². The van der Waals surface area contributed by atoms with Crippen LogP contribution in [0.1, 0.15) is 37.3 Å². The zero-order valence-corrected chi connectivity index (χ0v) is 16.0. The van der Waals surface area contributed by atoms with Crippen molar-refractivity contribution in [1.29, 1.82) is 0 Å². The number of rotatable bonds is 4. The molecule has 0 bridgehead atoms. The van der Waals surface area contributed by atoms with Crippen LogP contribution in [-0.2, 0) is 19.5 Å². The molecule has 7 heteroatoms. The Morgan fingerprint density at radius 2 is 1.96 bits per heavy atom. The third-order valence-electron chi connectivity index (χ3n) is 5.34. The van der Waals surface area contributed by atoms with Crippen LogP contribution in [0.25, 0.3) is 0 Å². The number of aliphatic imine (C=N–C) groups is 1. The van der Waals surface area contributed by atoms with E-state index in [2.05, 4.69) is 30.0 Å². The Hall–Kier alpha value is -2.57. The zero-order chi connectivity index (χ0) is 18.5. The number of benzene rings is 1. The summed E-state index contributed by atoms with van der Waals surface area (Å²) in [5, 5.41) is 12.2. The average molecular weight is 368 g/mol. The van der Waals surface area contributed by atoms with Gasteiger partial charge in [0.25, 0.3) is 0 Å². The number of piperidine rings is 1. The maximum absolute atomic E-state index is 6.09. The molecule has 0 unspecified atom stereocenters. The lowest BCUT2D eigenvalue weighted by atomic mass is 10.1. The first-order chi connectivity index (χ1) is 13.3. The van der Waals surface area contributed by atoms with Crippen molar-refractivity contribution in [2.45, 2.75) is 51.3 Å². The molecule has 144 valence electrons. The molecule has 1 aromatic heterocycles. The number of hydrogen-bond donors (Lipinski definition) is 1. The summed E-state index contributed by atoms with van der Waals surface area (Å²) in [5.41, 5.74) is 0. The normalized spacial score (nSPS) is 18.3. The van der Waals surface area contributed by atoms with E-state index in [0.717, 1.165) is 62.3 Å². The van der Waals surface area contributed by atoms with Crippen LogP contribution in [0.3, 0.4) is 0 Å². The Labute approximate surface area is 160 Å². The Morgan fingerprint density at radius 3 is 2.74 bits per heavy atom. The highest BCUT2D eigenvalue weighted by molar-refractivity contribution is 5.79. The molecule has 1 fully saturated rings. The van der Waals surface area contributed by atoms with Gasteiger partial charge in [-0.3, -0.25) is 4.99 Å². The summed E-state index contributed by atoms with van der Waals surface area (Å²) in [5.74, 6) is 4.01. The van der Waals surface area contributed by atoms with E-state index >= 15 is 0 Å². The van der Waals surface area contributed by atoms with E-state index in [1.54, 1.807) is 0 Å². The quantitative estimate of drug-likeness (QED) is 0.662. The van der Waals surface area contributed by atoms with Gasteiger partial charge in [0.15, 0.2) is 11.8 Å². The Kier molecular flexibility index (Phi) is 5.55. The van der Waals surface area contributed by atoms with Crippen LogP contribution in [0, 0.1) is 0 Å². The monoisotopic (exact) mass is 368 g/mol. The standard InChI is InChI=1S/C20H28N6O/c1-21-20(22-15-19-24-23-18-9-5-6-12-26(18)19)25-13-10-17(11-14-25)27-16-7-3-2-4-8-16/h2-4,7-8,17H,5-6,9-15H2,1H3,(H,21,22). The minimum atomic E-state index is 0.269. The molecule has 1 N–H and O–H groups in total. The highest BCUT2D eigenvalue weighted by Gasteiger charge is 2.23. The number of nitrogens with zero attached hydrogens (tertiary/aromatic N) is 5. The average Bonchev–Trinajstić information content (AvgIpc) is 3.14. The topological polar surface area (TPSA) is 67.6 Å². The SMILES string of the molecule is CN=C(NCc1nnc2n1CCCC2)N1CCC(Oc2ccccc2)CC1. The number of likely N-dealkylation sites (tertiary alicyclic amines) is 1. The van der Waals surface area contributed by atoms with Crippen LogP contribution in [0.4, 0.5) is 0 Å². The number of aryl methyl sites for hydroxylation is 1. The van der Waals surface area contributed by atoms with Gasteiger partial charge in [-0.05, 0) is 25.0 Å². The maximum Gasteiger partial charge on any atom is 0.194 e. The molecule has 2 aliphatic rings. The molecular formula is C20H28N6O. The molecule has 1 saturated heterocycles. The van der Waals surface area contributed by atoms with Crippen LogP contribution in [0.5, 0.6) is 5.75 Å². The number of guanidine groups is 1. The van der Waals surface area contributed by atoms with Crippen molar-refractivity contribution < 1.29 is 4.74 Å². The van der Waals surface area contributed by atoms with E-state index in [0.29, 0.717) is 6.54 Å². The highest BCUT2D eigenvalue weighted by atomic mass is 16.5. The van der Waals surface area contributed by atoms with E-state index in [1.165, 1.54) is 12.8 Å². The summed E-state index contributed by atoms with van der Waals surface area (Å²) in [6.07, 6.45) is 5.72. The van der Waals surface area contributed by atoms with Crippen molar-refractivity contribution in [2.24, 2.45) is 4.99 Å². The van der Waals surface area contributed by atoms with Crippen LogP contribution in [-0.4, -0.2) is 51.9 Å². The second-order valence-corrected chi connectivity index (χ2v) is 7.16. The van der Waals surface area contributed by atoms with E-state index < -0.39 is 0 Å². The zero-order valence-electron chi connectivity index (χ0n) is 16.0. The molecule has 0 amide bonds. The van der Waals surface area contributed by atoms with Gasteiger partial charge in [0.1, 0.15) is 17.7 Å².